The number of amides is 2. The minimum absolute atomic E-state index is 0.114. The van der Waals surface area contributed by atoms with E-state index in [1.165, 1.54) is 4.68 Å². The predicted molar refractivity (Wildman–Crippen MR) is 128 cm³/mol. The van der Waals surface area contributed by atoms with E-state index in [0.717, 1.165) is 17.7 Å². The molecule has 2 amide bonds. The van der Waals surface area contributed by atoms with Crippen LogP contribution in [0, 0.1) is 0 Å². The third kappa shape index (κ3) is 4.13. The minimum Gasteiger partial charge on any atom is -0.321 e. The van der Waals surface area contributed by atoms with Crippen LogP contribution in [-0.4, -0.2) is 28.1 Å². The van der Waals surface area contributed by atoms with E-state index in [1.54, 1.807) is 41.3 Å². The summed E-state index contributed by atoms with van der Waals surface area (Å²) in [5.74, 6) is -0.291. The zero-order valence-corrected chi connectivity index (χ0v) is 17.9. The van der Waals surface area contributed by atoms with Crippen molar-refractivity contribution < 1.29 is 9.59 Å². The smallest absolute Gasteiger partial charge is 0.276 e. The molecule has 1 saturated heterocycles. The SMILES string of the molecule is O=C(Nc1ccc(N2CCCC2=O)cc1)c1nn(Cc2ccccc2)c(=O)c2ccccc12. The molecule has 1 aliphatic rings. The summed E-state index contributed by atoms with van der Waals surface area (Å²) in [5.41, 5.74) is 2.25. The lowest BCUT2D eigenvalue weighted by molar-refractivity contribution is -0.117. The number of nitrogens with zero attached hydrogens (tertiary/aromatic N) is 3. The van der Waals surface area contributed by atoms with Crippen molar-refractivity contribution in [2.75, 3.05) is 16.8 Å². The third-order valence-corrected chi connectivity index (χ3v) is 5.77. The van der Waals surface area contributed by atoms with E-state index in [-0.39, 0.29) is 23.7 Å². The molecule has 0 bridgehead atoms. The summed E-state index contributed by atoms with van der Waals surface area (Å²) in [7, 11) is 0. The van der Waals surface area contributed by atoms with Gasteiger partial charge in [-0.15, -0.1) is 0 Å². The third-order valence-electron chi connectivity index (χ3n) is 5.77. The fourth-order valence-electron chi connectivity index (χ4n) is 4.10. The van der Waals surface area contributed by atoms with Crippen molar-refractivity contribution in [3.05, 3.63) is 100 Å². The topological polar surface area (TPSA) is 84.3 Å². The molecule has 164 valence electrons. The van der Waals surface area contributed by atoms with Gasteiger partial charge in [0.05, 0.1) is 11.9 Å². The van der Waals surface area contributed by atoms with Crippen LogP contribution in [0.5, 0.6) is 0 Å². The van der Waals surface area contributed by atoms with Crippen LogP contribution in [0.15, 0.2) is 83.7 Å². The molecule has 1 aliphatic heterocycles. The highest BCUT2D eigenvalue weighted by Crippen LogP contribution is 2.23. The molecule has 7 nitrogen and oxygen atoms in total. The van der Waals surface area contributed by atoms with Gasteiger partial charge in [0.15, 0.2) is 5.69 Å². The van der Waals surface area contributed by atoms with Gasteiger partial charge in [-0.2, -0.15) is 5.10 Å². The van der Waals surface area contributed by atoms with Crippen LogP contribution in [0.2, 0.25) is 0 Å². The summed E-state index contributed by atoms with van der Waals surface area (Å²) < 4.78 is 1.33. The maximum atomic E-state index is 13.2. The quantitative estimate of drug-likeness (QED) is 0.513. The van der Waals surface area contributed by atoms with E-state index in [2.05, 4.69) is 10.4 Å². The standard InChI is InChI=1S/C26H22N4O3/c31-23-11-6-16-29(23)20-14-12-19(13-15-20)27-25(32)24-21-9-4-5-10-22(21)26(33)30(28-24)17-18-7-2-1-3-8-18/h1-5,7-10,12-15H,6,11,16-17H2,(H,27,32). The molecule has 1 N–H and O–H groups in total. The second-order valence-corrected chi connectivity index (χ2v) is 7.99. The molecule has 3 aromatic carbocycles. The Morgan fingerprint density at radius 3 is 2.27 bits per heavy atom. The Hall–Kier alpha value is -4.26. The number of aromatic nitrogens is 2. The maximum absolute atomic E-state index is 13.2. The van der Waals surface area contributed by atoms with E-state index in [9.17, 15) is 14.4 Å². The highest BCUT2D eigenvalue weighted by Gasteiger charge is 2.22. The van der Waals surface area contributed by atoms with Gasteiger partial charge in [0, 0.05) is 29.7 Å². The lowest BCUT2D eigenvalue weighted by Crippen LogP contribution is -2.28. The van der Waals surface area contributed by atoms with Gasteiger partial charge in [-0.1, -0.05) is 48.5 Å². The fourth-order valence-corrected chi connectivity index (χ4v) is 4.10. The highest BCUT2D eigenvalue weighted by molar-refractivity contribution is 6.11. The van der Waals surface area contributed by atoms with Crippen LogP contribution >= 0.6 is 0 Å². The molecule has 0 unspecified atom stereocenters. The fraction of sp³-hybridized carbons (Fsp3) is 0.154. The van der Waals surface area contributed by atoms with Gasteiger partial charge in [0.1, 0.15) is 0 Å². The number of anilines is 2. The Kier molecular flexibility index (Phi) is 5.44. The van der Waals surface area contributed by atoms with Gasteiger partial charge in [0.2, 0.25) is 5.91 Å². The summed E-state index contributed by atoms with van der Waals surface area (Å²) in [4.78, 5) is 39.9. The van der Waals surface area contributed by atoms with Crippen LogP contribution < -0.4 is 15.8 Å². The Morgan fingerprint density at radius 2 is 1.58 bits per heavy atom. The lowest BCUT2D eigenvalue weighted by atomic mass is 10.1. The van der Waals surface area contributed by atoms with Gasteiger partial charge in [-0.3, -0.25) is 14.4 Å². The summed E-state index contributed by atoms with van der Waals surface area (Å²) in [6, 6.07) is 23.7. The molecule has 1 aromatic heterocycles. The van der Waals surface area contributed by atoms with Gasteiger partial charge in [0.25, 0.3) is 11.5 Å². The Labute approximate surface area is 190 Å². The monoisotopic (exact) mass is 438 g/mol. The number of fused-ring (bicyclic) bond motifs is 1. The lowest BCUT2D eigenvalue weighted by Gasteiger charge is -2.16. The molecular formula is C26H22N4O3. The first kappa shape index (κ1) is 20.6. The van der Waals surface area contributed by atoms with Crippen molar-refractivity contribution in [2.45, 2.75) is 19.4 Å². The Bertz CT molecular complexity index is 1390. The van der Waals surface area contributed by atoms with E-state index in [4.69, 9.17) is 0 Å². The predicted octanol–water partition coefficient (Wildman–Crippen LogP) is 3.82. The largest absolute Gasteiger partial charge is 0.321 e. The Morgan fingerprint density at radius 1 is 0.879 bits per heavy atom. The second-order valence-electron chi connectivity index (χ2n) is 7.99. The first-order valence-electron chi connectivity index (χ1n) is 10.9. The number of rotatable bonds is 5. The van der Waals surface area contributed by atoms with Crippen LogP contribution in [0.3, 0.4) is 0 Å². The minimum atomic E-state index is -0.405. The number of carbonyl (C=O) groups excluding carboxylic acids is 2. The molecule has 5 rings (SSSR count). The number of nitrogens with one attached hydrogen (secondary N) is 1. The average Bonchev–Trinajstić information content (AvgIpc) is 3.28. The van der Waals surface area contributed by atoms with Gasteiger partial charge in [-0.05, 0) is 42.3 Å². The molecule has 4 aromatic rings. The van der Waals surface area contributed by atoms with E-state index < -0.39 is 5.91 Å². The molecule has 0 spiro atoms. The van der Waals surface area contributed by atoms with Crippen molar-refractivity contribution >= 4 is 34.0 Å². The van der Waals surface area contributed by atoms with Crippen molar-refractivity contribution in [1.82, 2.24) is 9.78 Å². The van der Waals surface area contributed by atoms with Gasteiger partial charge in [-0.25, -0.2) is 4.68 Å². The summed E-state index contributed by atoms with van der Waals surface area (Å²) >= 11 is 0. The number of hydrogen-bond donors (Lipinski definition) is 1. The Balaban J connectivity index is 1.46. The number of hydrogen-bond acceptors (Lipinski definition) is 4. The molecule has 33 heavy (non-hydrogen) atoms. The second kappa shape index (κ2) is 8.70. The van der Waals surface area contributed by atoms with Crippen LogP contribution in [0.25, 0.3) is 10.8 Å². The van der Waals surface area contributed by atoms with Crippen molar-refractivity contribution in [3.8, 4) is 0 Å². The van der Waals surface area contributed by atoms with Gasteiger partial charge < -0.3 is 10.2 Å². The van der Waals surface area contributed by atoms with Crippen LogP contribution in [0.1, 0.15) is 28.9 Å². The molecular weight excluding hydrogens is 416 g/mol. The zero-order valence-electron chi connectivity index (χ0n) is 17.9. The first-order valence-corrected chi connectivity index (χ1v) is 10.9. The van der Waals surface area contributed by atoms with Crippen LogP contribution in [0.4, 0.5) is 11.4 Å². The van der Waals surface area contributed by atoms with E-state index in [1.807, 2.05) is 42.5 Å². The van der Waals surface area contributed by atoms with Crippen molar-refractivity contribution in [1.29, 1.82) is 0 Å². The van der Waals surface area contributed by atoms with Crippen molar-refractivity contribution in [2.24, 2.45) is 0 Å². The normalized spacial score (nSPS) is 13.5. The van der Waals surface area contributed by atoms with E-state index in [0.29, 0.717) is 29.4 Å². The molecule has 0 radical (unpaired) electrons. The molecule has 1 fully saturated rings. The molecule has 7 heteroatoms. The average molecular weight is 438 g/mol. The highest BCUT2D eigenvalue weighted by atomic mass is 16.2. The van der Waals surface area contributed by atoms with E-state index >= 15 is 0 Å². The molecule has 0 atom stereocenters. The summed E-state index contributed by atoms with van der Waals surface area (Å²) in [6.07, 6.45) is 1.42. The number of benzene rings is 3. The first-order chi connectivity index (χ1) is 16.1. The summed E-state index contributed by atoms with van der Waals surface area (Å²) in [5, 5.41) is 8.24. The summed E-state index contributed by atoms with van der Waals surface area (Å²) in [6.45, 7) is 0.979. The molecule has 0 aliphatic carbocycles. The maximum Gasteiger partial charge on any atom is 0.276 e. The molecule has 0 saturated carbocycles. The zero-order chi connectivity index (χ0) is 22.8. The van der Waals surface area contributed by atoms with Gasteiger partial charge >= 0.3 is 0 Å². The van der Waals surface area contributed by atoms with Crippen molar-refractivity contribution in [3.63, 3.8) is 0 Å². The molecule has 2 heterocycles. The number of carbonyl (C=O) groups is 2. The van der Waals surface area contributed by atoms with Crippen LogP contribution in [-0.2, 0) is 11.3 Å².